The van der Waals surface area contributed by atoms with E-state index in [0.29, 0.717) is 16.1 Å². The van der Waals surface area contributed by atoms with Gasteiger partial charge in [0.25, 0.3) is 0 Å². The van der Waals surface area contributed by atoms with Crippen LogP contribution in [-0.2, 0) is 0 Å². The van der Waals surface area contributed by atoms with Gasteiger partial charge in [0.2, 0.25) is 0 Å². The zero-order valence-electron chi connectivity index (χ0n) is 14.2. The van der Waals surface area contributed by atoms with Crippen LogP contribution in [0, 0.1) is 5.41 Å². The normalized spacial score (nSPS) is 14.5. The maximum Gasteiger partial charge on any atom is 0.155 e. The lowest BCUT2D eigenvalue weighted by Crippen LogP contribution is -2.20. The summed E-state index contributed by atoms with van der Waals surface area (Å²) in [6.07, 6.45) is 1.54. The Kier molecular flexibility index (Phi) is 4.43. The molecule has 2 heterocycles. The first-order valence-electron chi connectivity index (χ1n) is 8.25. The molecule has 0 fully saturated rings. The molecule has 27 heavy (non-hydrogen) atoms. The molecule has 0 atom stereocenters. The summed E-state index contributed by atoms with van der Waals surface area (Å²) < 4.78 is 0. The third kappa shape index (κ3) is 3.45. The largest absolute Gasteiger partial charge is 0.509 e. The molecular formula is C20H16N4O2S. The lowest BCUT2D eigenvalue weighted by molar-refractivity contribution is 0.358. The number of hydrogen-bond acceptors (Lipinski definition) is 6. The smallest absolute Gasteiger partial charge is 0.155 e. The van der Waals surface area contributed by atoms with E-state index < -0.39 is 0 Å². The molecule has 0 amide bonds. The quantitative estimate of drug-likeness (QED) is 0.597. The summed E-state index contributed by atoms with van der Waals surface area (Å²) in [7, 11) is 0. The van der Waals surface area contributed by atoms with Gasteiger partial charge in [-0.05, 0) is 17.7 Å². The molecule has 2 aromatic carbocycles. The van der Waals surface area contributed by atoms with Crippen LogP contribution in [0.3, 0.4) is 0 Å². The van der Waals surface area contributed by atoms with Crippen LogP contribution in [0.5, 0.6) is 5.75 Å². The lowest BCUT2D eigenvalue weighted by Gasteiger charge is -2.11. The summed E-state index contributed by atoms with van der Waals surface area (Å²) >= 11 is 1.39. The minimum atomic E-state index is 0.0713. The maximum absolute atomic E-state index is 10.4. The number of nitrogens with one attached hydrogen (secondary N) is 1. The van der Waals surface area contributed by atoms with Crippen LogP contribution in [0.2, 0.25) is 0 Å². The Hall–Kier alpha value is -3.45. The highest BCUT2D eigenvalue weighted by Crippen LogP contribution is 2.32. The van der Waals surface area contributed by atoms with Crippen molar-refractivity contribution in [1.29, 1.82) is 5.41 Å². The Balaban J connectivity index is 1.55. The van der Waals surface area contributed by atoms with Crippen molar-refractivity contribution in [1.82, 2.24) is 9.99 Å². The number of phenolic OH excluding ortho intramolecular Hbond substituents is 1. The number of thiazole rings is 1. The van der Waals surface area contributed by atoms with Crippen LogP contribution in [-0.4, -0.2) is 38.8 Å². The number of nitrogens with zero attached hydrogens (tertiary/aromatic N) is 3. The number of hydrogen-bond donors (Lipinski definition) is 3. The predicted octanol–water partition coefficient (Wildman–Crippen LogP) is 4.11. The summed E-state index contributed by atoms with van der Waals surface area (Å²) in [6.45, 7) is 0.115. The lowest BCUT2D eigenvalue weighted by atomic mass is 10.2. The van der Waals surface area contributed by atoms with Gasteiger partial charge in [0.05, 0.1) is 17.5 Å². The summed E-state index contributed by atoms with van der Waals surface area (Å²) in [5.74, 6) is 0.313. The van der Waals surface area contributed by atoms with Crippen LogP contribution in [0.15, 0.2) is 70.8 Å². The van der Waals surface area contributed by atoms with Crippen molar-refractivity contribution in [3.63, 3.8) is 0 Å². The Morgan fingerprint density at radius 2 is 1.93 bits per heavy atom. The van der Waals surface area contributed by atoms with E-state index in [1.807, 2.05) is 35.7 Å². The minimum absolute atomic E-state index is 0.0713. The number of aliphatic hydroxyl groups excluding tert-OH is 1. The molecule has 3 N–H and O–H groups in total. The zero-order valence-corrected chi connectivity index (χ0v) is 15.0. The number of phenols is 1. The third-order valence-corrected chi connectivity index (χ3v) is 4.95. The summed E-state index contributed by atoms with van der Waals surface area (Å²) in [4.78, 5) is 4.58. The topological polar surface area (TPSA) is 92.8 Å². The molecule has 7 heteroatoms. The first kappa shape index (κ1) is 17.0. The van der Waals surface area contributed by atoms with E-state index in [0.717, 1.165) is 11.3 Å². The van der Waals surface area contributed by atoms with Gasteiger partial charge in [-0.1, -0.05) is 42.5 Å². The van der Waals surface area contributed by atoms with Crippen LogP contribution < -0.4 is 0 Å². The molecular weight excluding hydrogens is 360 g/mol. The number of rotatable bonds is 4. The predicted molar refractivity (Wildman–Crippen MR) is 107 cm³/mol. The number of aromatic nitrogens is 1. The van der Waals surface area contributed by atoms with Gasteiger partial charge in [-0.25, -0.2) is 9.99 Å². The average molecular weight is 376 g/mol. The van der Waals surface area contributed by atoms with Crippen LogP contribution >= 0.6 is 11.3 Å². The van der Waals surface area contributed by atoms with Gasteiger partial charge in [-0.2, -0.15) is 5.10 Å². The minimum Gasteiger partial charge on any atom is -0.509 e. The fourth-order valence-corrected chi connectivity index (χ4v) is 3.66. The molecule has 4 rings (SSSR count). The summed E-state index contributed by atoms with van der Waals surface area (Å²) in [6, 6.07) is 16.4. The van der Waals surface area contributed by atoms with E-state index in [4.69, 9.17) is 5.41 Å². The van der Waals surface area contributed by atoms with Crippen LogP contribution in [0.1, 0.15) is 10.6 Å². The van der Waals surface area contributed by atoms with Crippen LogP contribution in [0.4, 0.5) is 0 Å². The molecule has 0 bridgehead atoms. The second kappa shape index (κ2) is 7.05. The highest BCUT2D eigenvalue weighted by molar-refractivity contribution is 7.11. The number of benzene rings is 2. The number of aromatic hydroxyl groups is 1. The Morgan fingerprint density at radius 3 is 2.70 bits per heavy atom. The molecule has 0 saturated heterocycles. The van der Waals surface area contributed by atoms with Crippen molar-refractivity contribution >= 4 is 29.0 Å². The zero-order chi connectivity index (χ0) is 18.8. The van der Waals surface area contributed by atoms with Crippen LogP contribution in [0.25, 0.3) is 16.8 Å². The molecule has 6 nitrogen and oxygen atoms in total. The number of hydrazone groups is 1. The Bertz CT molecular complexity index is 1060. The second-order valence-electron chi connectivity index (χ2n) is 5.97. The molecule has 0 spiro atoms. The van der Waals surface area contributed by atoms with Gasteiger partial charge in [0.1, 0.15) is 23.1 Å². The SMILES string of the molecule is N=C1C(c2nc(-c3ccccc3)cs2)=C(O)CN1/N=C/c1cccc(O)c1. The van der Waals surface area contributed by atoms with Gasteiger partial charge >= 0.3 is 0 Å². The van der Waals surface area contributed by atoms with Crippen molar-refractivity contribution in [2.45, 2.75) is 0 Å². The van der Waals surface area contributed by atoms with Crippen molar-refractivity contribution in [3.8, 4) is 17.0 Å². The number of amidine groups is 1. The highest BCUT2D eigenvalue weighted by atomic mass is 32.1. The Morgan fingerprint density at radius 1 is 1.11 bits per heavy atom. The fraction of sp³-hybridized carbons (Fsp3) is 0.0500. The first-order valence-corrected chi connectivity index (χ1v) is 9.12. The molecule has 1 aliphatic rings. The molecule has 0 saturated carbocycles. The van der Waals surface area contributed by atoms with Gasteiger partial charge in [-0.3, -0.25) is 5.41 Å². The van der Waals surface area contributed by atoms with Gasteiger partial charge < -0.3 is 10.2 Å². The van der Waals surface area contributed by atoms with E-state index in [1.54, 1.807) is 30.5 Å². The third-order valence-electron chi connectivity index (χ3n) is 4.09. The average Bonchev–Trinajstić information content (AvgIpc) is 3.25. The summed E-state index contributed by atoms with van der Waals surface area (Å²) in [5.41, 5.74) is 2.90. The number of aliphatic hydroxyl groups is 1. The molecule has 3 aromatic rings. The van der Waals surface area contributed by atoms with E-state index in [2.05, 4.69) is 10.1 Å². The fourth-order valence-electron chi connectivity index (χ4n) is 2.76. The maximum atomic E-state index is 10.4. The van der Waals surface area contributed by atoms with E-state index in [1.165, 1.54) is 16.3 Å². The molecule has 1 aromatic heterocycles. The van der Waals surface area contributed by atoms with Crippen molar-refractivity contribution in [2.24, 2.45) is 5.10 Å². The monoisotopic (exact) mass is 376 g/mol. The van der Waals surface area contributed by atoms with Gasteiger partial charge in [0, 0.05) is 10.9 Å². The standard InChI is InChI=1S/C20H16N4O2S/c21-19-18(20-23-16(12-27-20)14-6-2-1-3-7-14)17(26)11-24(19)22-10-13-5-4-8-15(25)9-13/h1-10,12,21,25-26H,11H2/b21-19?,22-10+. The molecule has 1 aliphatic heterocycles. The molecule has 0 aliphatic carbocycles. The van der Waals surface area contributed by atoms with Crippen molar-refractivity contribution in [3.05, 3.63) is 76.3 Å². The highest BCUT2D eigenvalue weighted by Gasteiger charge is 2.30. The van der Waals surface area contributed by atoms with E-state index in [-0.39, 0.29) is 23.9 Å². The van der Waals surface area contributed by atoms with E-state index >= 15 is 0 Å². The van der Waals surface area contributed by atoms with Crippen molar-refractivity contribution < 1.29 is 10.2 Å². The van der Waals surface area contributed by atoms with Gasteiger partial charge in [0.15, 0.2) is 5.84 Å². The molecule has 0 unspecified atom stereocenters. The van der Waals surface area contributed by atoms with Gasteiger partial charge in [-0.15, -0.1) is 11.3 Å². The Labute approximate surface area is 159 Å². The molecule has 0 radical (unpaired) electrons. The van der Waals surface area contributed by atoms with E-state index in [9.17, 15) is 10.2 Å². The molecule has 134 valence electrons. The van der Waals surface area contributed by atoms with Crippen molar-refractivity contribution in [2.75, 3.05) is 6.54 Å². The summed E-state index contributed by atoms with van der Waals surface area (Å²) in [5, 5.41) is 36.4. The second-order valence-corrected chi connectivity index (χ2v) is 6.83. The first-order chi connectivity index (χ1) is 13.1.